The number of unbranched alkanes of at least 4 members (excludes halogenated alkanes) is 38. The largest absolute Gasteiger partial charge is 0.343 e. The standard InChI is InChI=1S/2C48H76N6O2/c2*1-3-4-5-6-7-8-9-10-11-12-13-14-15-16-17-18-19-20-21-28-35-50-42(2)46(55)52-45(38-43-29-24-22-25-30-43)47(56)53-36-33-48(34-37-53,39-54-41-49-40-51-54)44-31-26-23-27-32-44/h2*22-27,29-32,40-42,45,50H,3-21,28,33-39H2,1-2H3,(H,52,55)/t42-,45+;42-,45-/m10/s1. The van der Waals surface area contributed by atoms with Crippen LogP contribution in [0.3, 0.4) is 0 Å². The molecule has 4 heterocycles. The van der Waals surface area contributed by atoms with E-state index in [1.807, 2.05) is 106 Å². The summed E-state index contributed by atoms with van der Waals surface area (Å²) in [6.45, 7) is 13.9. The summed E-state index contributed by atoms with van der Waals surface area (Å²) in [6.07, 6.45) is 65.7. The Kier molecular flexibility index (Phi) is 46.9. The molecule has 0 unspecified atom stereocenters. The number of carbonyl (C=O) groups is 4. The topological polar surface area (TPSA) is 184 Å². The van der Waals surface area contributed by atoms with Gasteiger partial charge in [0.25, 0.3) is 0 Å². The molecule has 4 amide bonds. The molecule has 0 saturated carbocycles. The van der Waals surface area contributed by atoms with Crippen molar-refractivity contribution in [3.8, 4) is 0 Å². The van der Waals surface area contributed by atoms with Crippen LogP contribution in [0.15, 0.2) is 147 Å². The van der Waals surface area contributed by atoms with Gasteiger partial charge in [0.15, 0.2) is 0 Å². The first-order valence-corrected chi connectivity index (χ1v) is 45.5. The second-order valence-electron chi connectivity index (χ2n) is 33.4. The number of amides is 4. The van der Waals surface area contributed by atoms with Crippen molar-refractivity contribution in [2.45, 2.75) is 371 Å². The molecule has 0 bridgehead atoms. The maximum absolute atomic E-state index is 14.1. The molecule has 0 radical (unpaired) electrons. The number of hydrogen-bond donors (Lipinski definition) is 4. The van der Waals surface area contributed by atoms with Crippen molar-refractivity contribution in [1.82, 2.24) is 60.6 Å². The van der Waals surface area contributed by atoms with Gasteiger partial charge in [0, 0.05) is 49.9 Å². The van der Waals surface area contributed by atoms with E-state index in [2.05, 4.69) is 104 Å². The predicted molar refractivity (Wildman–Crippen MR) is 463 cm³/mol. The van der Waals surface area contributed by atoms with Gasteiger partial charge in [-0.2, -0.15) is 10.2 Å². The summed E-state index contributed by atoms with van der Waals surface area (Å²) in [5.41, 5.74) is 4.31. The van der Waals surface area contributed by atoms with E-state index >= 15 is 0 Å². The van der Waals surface area contributed by atoms with Gasteiger partial charge in [0.1, 0.15) is 37.4 Å². The second-order valence-corrected chi connectivity index (χ2v) is 33.4. The van der Waals surface area contributed by atoms with E-state index in [1.54, 1.807) is 25.3 Å². The molecule has 16 heteroatoms. The fourth-order valence-electron chi connectivity index (χ4n) is 16.9. The molecule has 4 atom stereocenters. The van der Waals surface area contributed by atoms with Gasteiger partial charge >= 0.3 is 0 Å². The van der Waals surface area contributed by atoms with Crippen LogP contribution < -0.4 is 21.3 Å². The highest BCUT2D eigenvalue weighted by molar-refractivity contribution is 5.91. The molecule has 8 rings (SSSR count). The van der Waals surface area contributed by atoms with Gasteiger partial charge in [-0.3, -0.25) is 28.5 Å². The number of likely N-dealkylation sites (tertiary alicyclic amines) is 2. The Morgan fingerprint density at radius 3 is 0.848 bits per heavy atom. The average Bonchev–Trinajstić information content (AvgIpc) is 1.08. The normalized spacial score (nSPS) is 15.1. The maximum atomic E-state index is 14.1. The van der Waals surface area contributed by atoms with Crippen LogP contribution in [-0.4, -0.2) is 126 Å². The fraction of sp³-hybridized carbons (Fsp3) is 0.667. The summed E-state index contributed by atoms with van der Waals surface area (Å²) in [4.78, 5) is 67.5. The van der Waals surface area contributed by atoms with Crippen LogP contribution in [0, 0.1) is 0 Å². The van der Waals surface area contributed by atoms with Crippen molar-refractivity contribution >= 4 is 23.6 Å². The molecule has 2 fully saturated rings. The summed E-state index contributed by atoms with van der Waals surface area (Å²) in [5, 5.41) is 22.0. The third-order valence-corrected chi connectivity index (χ3v) is 24.2. The van der Waals surface area contributed by atoms with E-state index in [4.69, 9.17) is 0 Å². The van der Waals surface area contributed by atoms with Gasteiger partial charge in [-0.05, 0) is 87.7 Å². The lowest BCUT2D eigenvalue weighted by molar-refractivity contribution is -0.138. The van der Waals surface area contributed by atoms with Crippen LogP contribution in [0.1, 0.15) is 332 Å². The zero-order valence-electron chi connectivity index (χ0n) is 70.6. The van der Waals surface area contributed by atoms with Crippen molar-refractivity contribution in [2.75, 3.05) is 39.3 Å². The highest BCUT2D eigenvalue weighted by Gasteiger charge is 2.42. The first-order valence-electron chi connectivity index (χ1n) is 45.5. The summed E-state index contributed by atoms with van der Waals surface area (Å²) in [7, 11) is 0. The Bertz CT molecular complexity index is 3070. The Balaban J connectivity index is 0.000000311. The number of nitrogens with one attached hydrogen (secondary N) is 4. The molecule has 0 spiro atoms. The maximum Gasteiger partial charge on any atom is 0.245 e. The predicted octanol–water partition coefficient (Wildman–Crippen LogP) is 20.7. The summed E-state index contributed by atoms with van der Waals surface area (Å²) in [5.74, 6) is -0.250. The molecule has 620 valence electrons. The summed E-state index contributed by atoms with van der Waals surface area (Å²) >= 11 is 0. The van der Waals surface area contributed by atoms with Crippen molar-refractivity contribution in [3.63, 3.8) is 0 Å². The quantitative estimate of drug-likeness (QED) is 0.0268. The number of aromatic nitrogens is 6. The van der Waals surface area contributed by atoms with Gasteiger partial charge in [0.2, 0.25) is 23.6 Å². The summed E-state index contributed by atoms with van der Waals surface area (Å²) in [6, 6.07) is 39.2. The number of hydrogen-bond acceptors (Lipinski definition) is 10. The molecule has 6 aromatic rings. The van der Waals surface area contributed by atoms with Crippen molar-refractivity contribution in [1.29, 1.82) is 0 Å². The molecule has 0 aliphatic carbocycles. The van der Waals surface area contributed by atoms with Crippen molar-refractivity contribution < 1.29 is 19.2 Å². The number of nitrogens with zero attached hydrogens (tertiary/aromatic N) is 8. The average molecular weight is 1540 g/mol. The number of piperidine rings is 2. The van der Waals surface area contributed by atoms with Crippen LogP contribution in [0.25, 0.3) is 0 Å². The second kappa shape index (κ2) is 57.1. The summed E-state index contributed by atoms with van der Waals surface area (Å²) < 4.78 is 3.80. The Morgan fingerprint density at radius 1 is 0.348 bits per heavy atom. The Hall–Kier alpha value is -7.04. The minimum atomic E-state index is -0.617. The van der Waals surface area contributed by atoms with E-state index in [9.17, 15) is 19.2 Å². The molecule has 4 N–H and O–H groups in total. The minimum absolute atomic E-state index is 0.00842. The van der Waals surface area contributed by atoms with Crippen LogP contribution in [-0.2, 0) is 55.9 Å². The van der Waals surface area contributed by atoms with Gasteiger partial charge in [-0.25, -0.2) is 9.97 Å². The lowest BCUT2D eigenvalue weighted by atomic mass is 9.72. The third-order valence-electron chi connectivity index (χ3n) is 24.2. The first-order chi connectivity index (χ1) is 55.0. The zero-order valence-corrected chi connectivity index (χ0v) is 70.6. The molecular formula is C96H152N12O4. The van der Waals surface area contributed by atoms with Gasteiger partial charge in [0.05, 0.1) is 25.2 Å². The number of benzene rings is 4. The van der Waals surface area contributed by atoms with E-state index in [1.165, 1.54) is 255 Å². The van der Waals surface area contributed by atoms with Crippen molar-refractivity contribution in [3.05, 3.63) is 169 Å². The highest BCUT2D eigenvalue weighted by Crippen LogP contribution is 2.39. The zero-order chi connectivity index (χ0) is 79.0. The van der Waals surface area contributed by atoms with E-state index in [0.29, 0.717) is 52.1 Å². The number of rotatable bonds is 60. The van der Waals surface area contributed by atoms with Gasteiger partial charge in [-0.1, -0.05) is 379 Å². The highest BCUT2D eigenvalue weighted by atomic mass is 16.2. The first kappa shape index (κ1) is 92.1. The third kappa shape index (κ3) is 36.6. The smallest absolute Gasteiger partial charge is 0.245 e. The monoisotopic (exact) mass is 1540 g/mol. The van der Waals surface area contributed by atoms with Crippen molar-refractivity contribution in [2.24, 2.45) is 0 Å². The Morgan fingerprint density at radius 2 is 0.598 bits per heavy atom. The van der Waals surface area contributed by atoms with E-state index in [0.717, 1.165) is 62.7 Å². The van der Waals surface area contributed by atoms with Crippen LogP contribution >= 0.6 is 0 Å². The molecule has 2 aromatic heterocycles. The molecule has 2 saturated heterocycles. The van der Waals surface area contributed by atoms with Gasteiger partial charge < -0.3 is 31.1 Å². The molecule has 2 aliphatic rings. The fourth-order valence-corrected chi connectivity index (χ4v) is 16.9. The van der Waals surface area contributed by atoms with E-state index < -0.39 is 12.1 Å². The van der Waals surface area contributed by atoms with Crippen LogP contribution in [0.5, 0.6) is 0 Å². The van der Waals surface area contributed by atoms with Crippen LogP contribution in [0.4, 0.5) is 0 Å². The lowest BCUT2D eigenvalue weighted by Gasteiger charge is -2.43. The Labute approximate surface area is 679 Å². The molecular weight excluding hydrogens is 1390 g/mol. The van der Waals surface area contributed by atoms with E-state index in [-0.39, 0.29) is 46.5 Å². The molecule has 2 aliphatic heterocycles. The van der Waals surface area contributed by atoms with Crippen LogP contribution in [0.2, 0.25) is 0 Å². The minimum Gasteiger partial charge on any atom is -0.343 e. The lowest BCUT2D eigenvalue weighted by Crippen LogP contribution is -2.56. The molecule has 4 aromatic carbocycles. The number of carbonyl (C=O) groups excluding carboxylic acids is 4. The molecule has 112 heavy (non-hydrogen) atoms. The van der Waals surface area contributed by atoms with Gasteiger partial charge in [-0.15, -0.1) is 0 Å². The molecule has 16 nitrogen and oxygen atoms in total. The SMILES string of the molecule is CCCCCCCCCCCCCCCCCCCCCCN[C@@H](C)C(=O)N[C@@H](Cc1ccccc1)C(=O)N1CCC(Cn2cncn2)(c2ccccc2)CC1.CCCCCCCCCCCCCCCCCCCCCCN[C@H](C)C(=O)N[C@@H](Cc1ccccc1)C(=O)N1CCC(Cn2cncn2)(c2ccccc2)CC1.